The van der Waals surface area contributed by atoms with Crippen molar-refractivity contribution < 1.29 is 23.0 Å². The molecule has 1 saturated heterocycles. The van der Waals surface area contributed by atoms with Crippen molar-refractivity contribution in [3.8, 4) is 5.75 Å². The molecule has 0 saturated carbocycles. The van der Waals surface area contributed by atoms with Crippen LogP contribution in [0.1, 0.15) is 10.4 Å². The third-order valence-electron chi connectivity index (χ3n) is 3.77. The molecule has 0 spiro atoms. The molecule has 1 atom stereocenters. The maximum absolute atomic E-state index is 13.6. The highest BCUT2D eigenvalue weighted by Gasteiger charge is 2.25. The standard InChI is InChI=1S/C18H17F2NO3/c19-14-6-7-17(16(20)10-14)24-12-15-11-21(8-9-23-15)18(22)13-4-2-1-3-5-13/h1-7,10,15H,8-9,11-12H2/t15-/m1/s1. The van der Waals surface area contributed by atoms with Crippen molar-refractivity contribution >= 4 is 5.91 Å². The molecule has 0 bridgehead atoms. The largest absolute Gasteiger partial charge is 0.488 e. The van der Waals surface area contributed by atoms with Crippen LogP contribution in [0.4, 0.5) is 8.78 Å². The van der Waals surface area contributed by atoms with Gasteiger partial charge in [-0.05, 0) is 24.3 Å². The molecule has 1 amide bonds. The lowest BCUT2D eigenvalue weighted by Gasteiger charge is -2.33. The van der Waals surface area contributed by atoms with Crippen LogP contribution in [0.3, 0.4) is 0 Å². The van der Waals surface area contributed by atoms with E-state index < -0.39 is 11.6 Å². The number of hydrogen-bond acceptors (Lipinski definition) is 3. The Morgan fingerprint density at radius 2 is 2.00 bits per heavy atom. The van der Waals surface area contributed by atoms with E-state index in [0.29, 0.717) is 25.3 Å². The summed E-state index contributed by atoms with van der Waals surface area (Å²) in [7, 11) is 0. The van der Waals surface area contributed by atoms with E-state index >= 15 is 0 Å². The zero-order chi connectivity index (χ0) is 16.9. The van der Waals surface area contributed by atoms with E-state index in [1.54, 1.807) is 17.0 Å². The average molecular weight is 333 g/mol. The fourth-order valence-electron chi connectivity index (χ4n) is 2.54. The van der Waals surface area contributed by atoms with Crippen molar-refractivity contribution in [2.24, 2.45) is 0 Å². The van der Waals surface area contributed by atoms with Crippen LogP contribution in [-0.2, 0) is 4.74 Å². The smallest absolute Gasteiger partial charge is 0.254 e. The van der Waals surface area contributed by atoms with Crippen LogP contribution < -0.4 is 4.74 Å². The van der Waals surface area contributed by atoms with Gasteiger partial charge in [0.1, 0.15) is 18.5 Å². The van der Waals surface area contributed by atoms with Crippen molar-refractivity contribution in [3.63, 3.8) is 0 Å². The molecule has 126 valence electrons. The summed E-state index contributed by atoms with van der Waals surface area (Å²) >= 11 is 0. The first-order chi connectivity index (χ1) is 11.6. The van der Waals surface area contributed by atoms with Gasteiger partial charge in [-0.15, -0.1) is 0 Å². The normalized spacial score (nSPS) is 17.6. The minimum atomic E-state index is -0.761. The molecule has 1 aliphatic heterocycles. The van der Waals surface area contributed by atoms with E-state index in [4.69, 9.17) is 9.47 Å². The Morgan fingerprint density at radius 1 is 1.21 bits per heavy atom. The van der Waals surface area contributed by atoms with E-state index in [1.807, 2.05) is 18.2 Å². The number of ether oxygens (including phenoxy) is 2. The number of amides is 1. The summed E-state index contributed by atoms with van der Waals surface area (Å²) in [5, 5.41) is 0. The number of carbonyl (C=O) groups excluding carboxylic acids is 1. The summed E-state index contributed by atoms with van der Waals surface area (Å²) in [5.41, 5.74) is 0.614. The zero-order valence-electron chi connectivity index (χ0n) is 13.0. The van der Waals surface area contributed by atoms with Crippen LogP contribution in [0.2, 0.25) is 0 Å². The summed E-state index contributed by atoms with van der Waals surface area (Å²) in [6, 6.07) is 12.1. The van der Waals surface area contributed by atoms with Crippen LogP contribution >= 0.6 is 0 Å². The molecular weight excluding hydrogens is 316 g/mol. The van der Waals surface area contributed by atoms with Crippen LogP contribution in [-0.4, -0.2) is 43.2 Å². The Labute approximate surface area is 138 Å². The first kappa shape index (κ1) is 16.4. The number of halogens is 2. The lowest BCUT2D eigenvalue weighted by Crippen LogP contribution is -2.47. The molecule has 0 radical (unpaired) electrons. The monoisotopic (exact) mass is 333 g/mol. The Morgan fingerprint density at radius 3 is 2.75 bits per heavy atom. The van der Waals surface area contributed by atoms with Crippen molar-refractivity contribution in [2.45, 2.75) is 6.10 Å². The number of carbonyl (C=O) groups is 1. The quantitative estimate of drug-likeness (QED) is 0.864. The fourth-order valence-corrected chi connectivity index (χ4v) is 2.54. The van der Waals surface area contributed by atoms with Crippen molar-refractivity contribution in [1.82, 2.24) is 4.90 Å². The molecule has 0 unspecified atom stereocenters. The van der Waals surface area contributed by atoms with Crippen LogP contribution in [0, 0.1) is 11.6 Å². The lowest BCUT2D eigenvalue weighted by molar-refractivity contribution is -0.0405. The van der Waals surface area contributed by atoms with E-state index in [-0.39, 0.29) is 24.4 Å². The molecule has 0 N–H and O–H groups in total. The molecule has 0 aliphatic carbocycles. The molecule has 24 heavy (non-hydrogen) atoms. The molecule has 2 aromatic rings. The molecule has 2 aromatic carbocycles. The first-order valence-electron chi connectivity index (χ1n) is 7.67. The Balaban J connectivity index is 1.58. The summed E-state index contributed by atoms with van der Waals surface area (Å²) < 4.78 is 37.4. The van der Waals surface area contributed by atoms with Crippen molar-refractivity contribution in [2.75, 3.05) is 26.3 Å². The van der Waals surface area contributed by atoms with Crippen LogP contribution in [0.15, 0.2) is 48.5 Å². The van der Waals surface area contributed by atoms with Gasteiger partial charge in [0.2, 0.25) is 0 Å². The number of rotatable bonds is 4. The maximum Gasteiger partial charge on any atom is 0.254 e. The predicted molar refractivity (Wildman–Crippen MR) is 83.9 cm³/mol. The van der Waals surface area contributed by atoms with Gasteiger partial charge in [-0.25, -0.2) is 8.78 Å². The van der Waals surface area contributed by atoms with Gasteiger partial charge in [-0.2, -0.15) is 0 Å². The van der Waals surface area contributed by atoms with Crippen LogP contribution in [0.25, 0.3) is 0 Å². The number of benzene rings is 2. The Kier molecular flexibility index (Phi) is 5.05. The molecule has 0 aromatic heterocycles. The highest BCUT2D eigenvalue weighted by Crippen LogP contribution is 2.19. The maximum atomic E-state index is 13.6. The summed E-state index contributed by atoms with van der Waals surface area (Å²) in [4.78, 5) is 14.1. The van der Waals surface area contributed by atoms with E-state index in [2.05, 4.69) is 0 Å². The summed E-state index contributed by atoms with van der Waals surface area (Å²) in [6.07, 6.45) is -0.365. The van der Waals surface area contributed by atoms with Gasteiger partial charge in [0.25, 0.3) is 5.91 Å². The molecule has 3 rings (SSSR count). The lowest BCUT2D eigenvalue weighted by atomic mass is 10.2. The van der Waals surface area contributed by atoms with Crippen molar-refractivity contribution in [1.29, 1.82) is 0 Å². The van der Waals surface area contributed by atoms with Gasteiger partial charge in [0.15, 0.2) is 11.6 Å². The molecule has 4 nitrogen and oxygen atoms in total. The second-order valence-corrected chi connectivity index (χ2v) is 5.50. The second kappa shape index (κ2) is 7.40. The SMILES string of the molecule is O=C(c1ccccc1)N1CCO[C@@H](COc2ccc(F)cc2F)C1. The first-order valence-corrected chi connectivity index (χ1v) is 7.67. The van der Waals surface area contributed by atoms with Gasteiger partial charge >= 0.3 is 0 Å². The van der Waals surface area contributed by atoms with Gasteiger partial charge < -0.3 is 14.4 Å². The number of nitrogens with zero attached hydrogens (tertiary/aromatic N) is 1. The summed E-state index contributed by atoms with van der Waals surface area (Å²) in [5.74, 6) is -1.53. The molecule has 1 fully saturated rings. The highest BCUT2D eigenvalue weighted by molar-refractivity contribution is 5.94. The van der Waals surface area contributed by atoms with E-state index in [9.17, 15) is 13.6 Å². The average Bonchev–Trinajstić information content (AvgIpc) is 2.61. The third kappa shape index (κ3) is 3.89. The van der Waals surface area contributed by atoms with Crippen LogP contribution in [0.5, 0.6) is 5.75 Å². The number of hydrogen-bond donors (Lipinski definition) is 0. The predicted octanol–water partition coefficient (Wildman–Crippen LogP) is 2.88. The second-order valence-electron chi connectivity index (χ2n) is 5.50. The molecule has 1 aliphatic rings. The molecular formula is C18H17F2NO3. The minimum Gasteiger partial charge on any atom is -0.488 e. The van der Waals surface area contributed by atoms with Gasteiger partial charge in [0, 0.05) is 18.2 Å². The van der Waals surface area contributed by atoms with Crippen molar-refractivity contribution in [3.05, 3.63) is 65.7 Å². The zero-order valence-corrected chi connectivity index (χ0v) is 13.0. The fraction of sp³-hybridized carbons (Fsp3) is 0.278. The Hall–Kier alpha value is -2.47. The Bertz CT molecular complexity index is 709. The van der Waals surface area contributed by atoms with E-state index in [1.165, 1.54) is 6.07 Å². The summed E-state index contributed by atoms with van der Waals surface area (Å²) in [6.45, 7) is 1.32. The molecule has 1 heterocycles. The minimum absolute atomic E-state index is 0.0356. The highest BCUT2D eigenvalue weighted by atomic mass is 19.1. The van der Waals surface area contributed by atoms with Gasteiger partial charge in [0.05, 0.1) is 13.2 Å². The molecule has 6 heteroatoms. The van der Waals surface area contributed by atoms with E-state index in [0.717, 1.165) is 12.1 Å². The van der Waals surface area contributed by atoms with Gasteiger partial charge in [-0.1, -0.05) is 18.2 Å². The third-order valence-corrected chi connectivity index (χ3v) is 3.77. The topological polar surface area (TPSA) is 38.8 Å². The number of morpholine rings is 1. The van der Waals surface area contributed by atoms with Gasteiger partial charge in [-0.3, -0.25) is 4.79 Å².